The molecule has 0 saturated heterocycles. The van der Waals surface area contributed by atoms with E-state index in [2.05, 4.69) is 56.8 Å². The molecule has 0 aromatic rings. The molecule has 158 valence electrons. The first-order valence-corrected chi connectivity index (χ1v) is 17.0. The minimum atomic E-state index is -1.34. The van der Waals surface area contributed by atoms with E-state index in [1.165, 1.54) is 95.2 Å². The lowest BCUT2D eigenvalue weighted by Crippen LogP contribution is -2.34. The maximum atomic E-state index is 4.52. The number of rotatable bonds is 18. The van der Waals surface area contributed by atoms with Crippen LogP contribution in [-0.4, -0.2) is 6.69 Å². The molecule has 3 atom stereocenters. The van der Waals surface area contributed by atoms with Gasteiger partial charge in [0.25, 0.3) is 0 Å². The maximum Gasteiger partial charge on any atom is 0.131 e. The summed E-state index contributed by atoms with van der Waals surface area (Å²) in [5.74, 6) is 2.90. The Morgan fingerprint density at radius 3 is 1.00 bits per heavy atom. The van der Waals surface area contributed by atoms with Crippen LogP contribution in [0.25, 0.3) is 0 Å². The molecule has 0 rings (SSSR count). The summed E-state index contributed by atoms with van der Waals surface area (Å²) in [6.45, 7) is 13.0. The van der Waals surface area contributed by atoms with Crippen molar-refractivity contribution < 1.29 is 0 Å². The average Bonchev–Trinajstić information content (AvgIpc) is 2.65. The molecule has 0 saturated carbocycles. The fraction of sp³-hybridized carbons (Fsp3) is 1.00. The van der Waals surface area contributed by atoms with Gasteiger partial charge in [-0.25, -0.2) is 0 Å². The third kappa shape index (κ3) is 12.2. The number of halogens is 1. The van der Waals surface area contributed by atoms with Crippen LogP contribution in [0.15, 0.2) is 0 Å². The van der Waals surface area contributed by atoms with Gasteiger partial charge in [0.2, 0.25) is 0 Å². The Labute approximate surface area is 176 Å². The van der Waals surface area contributed by atoms with Gasteiger partial charge in [0, 0.05) is 0 Å². The molecule has 0 aliphatic rings. The predicted octanol–water partition coefficient (Wildman–Crippen LogP) is 9.98. The zero-order chi connectivity index (χ0) is 19.8. The van der Waals surface area contributed by atoms with E-state index in [-0.39, 0.29) is 0 Å². The fourth-order valence-electron chi connectivity index (χ4n) is 4.63. The topological polar surface area (TPSA) is 0 Å². The molecule has 0 heterocycles. The van der Waals surface area contributed by atoms with Crippen LogP contribution in [0.3, 0.4) is 0 Å². The molecule has 0 nitrogen and oxygen atoms in total. The number of hydrogen-bond acceptors (Lipinski definition) is 0. The molecule has 0 fully saturated rings. The van der Waals surface area contributed by atoms with Crippen molar-refractivity contribution in [2.75, 3.05) is 0 Å². The Morgan fingerprint density at radius 1 is 0.538 bits per heavy atom. The molecular weight excluding hydrogens is 396 g/mol. The van der Waals surface area contributed by atoms with Crippen molar-refractivity contribution in [2.24, 2.45) is 17.8 Å². The minimum absolute atomic E-state index is 0.966. The van der Waals surface area contributed by atoms with Gasteiger partial charge in [0.05, 0.1) is 0 Å². The predicted molar refractivity (Wildman–Crippen MR) is 129 cm³/mol. The normalized spacial score (nSPS) is 17.7. The number of hydrogen-bond donors (Lipinski definition) is 0. The van der Waals surface area contributed by atoms with Crippen molar-refractivity contribution in [3.05, 3.63) is 0 Å². The highest BCUT2D eigenvalue weighted by Crippen LogP contribution is 2.42. The van der Waals surface area contributed by atoms with Crippen LogP contribution in [0, 0.1) is 17.8 Å². The van der Waals surface area contributed by atoms with Crippen LogP contribution < -0.4 is 0 Å². The lowest BCUT2D eigenvalue weighted by atomic mass is 10.0. The van der Waals surface area contributed by atoms with Crippen LogP contribution in [0.4, 0.5) is 0 Å². The highest BCUT2D eigenvalue weighted by molar-refractivity contribution is 9.26. The van der Waals surface area contributed by atoms with Crippen molar-refractivity contribution in [3.63, 3.8) is 0 Å². The van der Waals surface area contributed by atoms with Crippen molar-refractivity contribution in [1.29, 1.82) is 0 Å². The van der Waals surface area contributed by atoms with E-state index >= 15 is 0 Å². The zero-order valence-electron chi connectivity index (χ0n) is 19.2. The van der Waals surface area contributed by atoms with Gasteiger partial charge in [0.1, 0.15) is 6.69 Å². The summed E-state index contributed by atoms with van der Waals surface area (Å²) in [7, 11) is 0. The molecule has 2 heteroatoms. The van der Waals surface area contributed by atoms with Gasteiger partial charge >= 0.3 is 0 Å². The second-order valence-electron chi connectivity index (χ2n) is 9.01. The first kappa shape index (κ1) is 26.7. The summed E-state index contributed by atoms with van der Waals surface area (Å²) in [4.78, 5) is 0. The van der Waals surface area contributed by atoms with Gasteiger partial charge < -0.3 is 0 Å². The summed E-state index contributed by atoms with van der Waals surface area (Å²) >= 11 is 4.52. The molecule has 0 aromatic carbocycles. The standard InChI is InChI=1S/C24H51BrSi/c1-7-13-16-22(10-4)19-26(25,20-23(11-5)17-14-8-2)21-24(12-6)18-15-9-3/h22-24H,7-21H2,1-6H3. The van der Waals surface area contributed by atoms with Gasteiger partial charge in [-0.05, 0) is 35.9 Å². The SMILES string of the molecule is CCCCC(CC)C[Si](Br)(CC(CC)CCCC)CC(CC)CCCC. The molecule has 0 spiro atoms. The van der Waals surface area contributed by atoms with Crippen molar-refractivity contribution in [3.8, 4) is 0 Å². The summed E-state index contributed by atoms with van der Waals surface area (Å²) in [5.41, 5.74) is 0. The maximum absolute atomic E-state index is 4.52. The molecule has 0 aliphatic carbocycles. The third-order valence-corrected chi connectivity index (χ3v) is 13.4. The van der Waals surface area contributed by atoms with Gasteiger partial charge in [0.15, 0.2) is 0 Å². The van der Waals surface area contributed by atoms with Gasteiger partial charge in [-0.15, -0.1) is 15.3 Å². The van der Waals surface area contributed by atoms with E-state index < -0.39 is 6.69 Å². The smallest absolute Gasteiger partial charge is 0.126 e. The van der Waals surface area contributed by atoms with Crippen molar-refractivity contribution in [1.82, 2.24) is 0 Å². The first-order valence-electron chi connectivity index (χ1n) is 12.2. The average molecular weight is 448 g/mol. The van der Waals surface area contributed by atoms with Crippen LogP contribution in [0.5, 0.6) is 0 Å². The van der Waals surface area contributed by atoms with E-state index in [1.54, 1.807) is 0 Å². The Morgan fingerprint density at radius 2 is 0.808 bits per heavy atom. The Bertz CT molecular complexity index is 259. The van der Waals surface area contributed by atoms with Crippen LogP contribution >= 0.6 is 15.3 Å². The molecule has 3 unspecified atom stereocenters. The number of unbranched alkanes of at least 4 members (excludes halogenated alkanes) is 3. The summed E-state index contributed by atoms with van der Waals surface area (Å²) in [5, 5.41) is 0. The monoisotopic (exact) mass is 446 g/mol. The van der Waals surface area contributed by atoms with E-state index in [0.717, 1.165) is 17.8 Å². The third-order valence-electron chi connectivity index (χ3n) is 6.59. The van der Waals surface area contributed by atoms with Crippen molar-refractivity contribution in [2.45, 2.75) is 137 Å². The highest BCUT2D eigenvalue weighted by atomic mass is 79.9. The summed E-state index contributed by atoms with van der Waals surface area (Å²) in [6.07, 6.45) is 16.9. The molecule has 26 heavy (non-hydrogen) atoms. The molecule has 0 N–H and O–H groups in total. The van der Waals surface area contributed by atoms with Crippen LogP contribution in [0.1, 0.15) is 119 Å². The molecule has 0 bridgehead atoms. The molecule has 0 amide bonds. The summed E-state index contributed by atoms with van der Waals surface area (Å²) in [6, 6.07) is 4.61. The van der Waals surface area contributed by atoms with Gasteiger partial charge in [-0.1, -0.05) is 119 Å². The lowest BCUT2D eigenvalue weighted by Gasteiger charge is -2.35. The Kier molecular flexibility index (Phi) is 17.1. The molecular formula is C24H51BrSi. The van der Waals surface area contributed by atoms with E-state index in [0.29, 0.717) is 0 Å². The lowest BCUT2D eigenvalue weighted by molar-refractivity contribution is 0.451. The van der Waals surface area contributed by atoms with Gasteiger partial charge in [-0.2, -0.15) is 0 Å². The quantitative estimate of drug-likeness (QED) is 0.145. The first-order chi connectivity index (χ1) is 12.5. The Hall–Kier alpha value is 0.697. The van der Waals surface area contributed by atoms with Gasteiger partial charge in [-0.3, -0.25) is 0 Å². The van der Waals surface area contributed by atoms with Crippen LogP contribution in [-0.2, 0) is 0 Å². The highest BCUT2D eigenvalue weighted by Gasteiger charge is 2.36. The summed E-state index contributed by atoms with van der Waals surface area (Å²) < 4.78 is 0. The van der Waals surface area contributed by atoms with E-state index in [1.807, 2.05) is 0 Å². The van der Waals surface area contributed by atoms with E-state index in [9.17, 15) is 0 Å². The fourth-order valence-corrected chi connectivity index (χ4v) is 13.8. The molecule has 0 aliphatic heterocycles. The second-order valence-corrected chi connectivity index (χ2v) is 17.6. The zero-order valence-corrected chi connectivity index (χ0v) is 21.8. The Balaban J connectivity index is 5.12. The molecule has 0 radical (unpaired) electrons. The van der Waals surface area contributed by atoms with Crippen molar-refractivity contribution >= 4 is 22.0 Å². The van der Waals surface area contributed by atoms with Crippen LogP contribution in [0.2, 0.25) is 18.1 Å². The minimum Gasteiger partial charge on any atom is -0.126 e. The van der Waals surface area contributed by atoms with E-state index in [4.69, 9.17) is 0 Å². The largest absolute Gasteiger partial charge is 0.131 e. The second kappa shape index (κ2) is 16.6. The molecule has 0 aromatic heterocycles.